The largest absolute Gasteiger partial charge is 0.381 e. The highest BCUT2D eigenvalue weighted by Crippen LogP contribution is 2.35. The maximum absolute atomic E-state index is 5.58. The Bertz CT molecular complexity index is 442. The first-order valence-corrected chi connectivity index (χ1v) is 8.95. The monoisotopic (exact) mass is 310 g/mol. The van der Waals surface area contributed by atoms with Gasteiger partial charge in [0.2, 0.25) is 0 Å². The molecule has 0 atom stereocenters. The van der Waals surface area contributed by atoms with Gasteiger partial charge >= 0.3 is 0 Å². The summed E-state index contributed by atoms with van der Waals surface area (Å²) in [4.78, 5) is 4.90. The number of thiazole rings is 1. The van der Waals surface area contributed by atoms with Gasteiger partial charge in [-0.25, -0.2) is 4.98 Å². The Morgan fingerprint density at radius 3 is 2.52 bits per heavy atom. The van der Waals surface area contributed by atoms with Crippen LogP contribution in [-0.4, -0.2) is 30.8 Å². The minimum absolute atomic E-state index is 0.147. The molecule has 21 heavy (non-hydrogen) atoms. The van der Waals surface area contributed by atoms with Crippen molar-refractivity contribution >= 4 is 11.3 Å². The molecule has 1 aliphatic heterocycles. The number of hydrogen-bond donors (Lipinski definition) is 1. The van der Waals surface area contributed by atoms with E-state index in [4.69, 9.17) is 9.72 Å². The normalized spacial score (nSPS) is 19.1. The van der Waals surface area contributed by atoms with Crippen LogP contribution in [0, 0.1) is 5.41 Å². The van der Waals surface area contributed by atoms with Gasteiger partial charge in [0, 0.05) is 43.0 Å². The van der Waals surface area contributed by atoms with Crippen molar-refractivity contribution in [1.82, 2.24) is 10.3 Å². The molecule has 0 saturated carbocycles. The molecule has 0 aromatic carbocycles. The molecule has 1 aliphatic rings. The Kier molecular flexibility index (Phi) is 5.44. The quantitative estimate of drug-likeness (QED) is 0.899. The van der Waals surface area contributed by atoms with Crippen molar-refractivity contribution in [3.05, 3.63) is 16.1 Å². The Morgan fingerprint density at radius 2 is 2.00 bits per heavy atom. The lowest BCUT2D eigenvalue weighted by Gasteiger charge is -2.37. The minimum atomic E-state index is 0.147. The summed E-state index contributed by atoms with van der Waals surface area (Å²) in [5.41, 5.74) is 1.69. The van der Waals surface area contributed by atoms with Crippen LogP contribution in [0.25, 0.3) is 0 Å². The molecule has 0 radical (unpaired) electrons. The Hall–Kier alpha value is -0.450. The maximum Gasteiger partial charge on any atom is 0.0934 e. The molecule has 0 bridgehead atoms. The average molecular weight is 311 g/mol. The van der Waals surface area contributed by atoms with Crippen LogP contribution in [0.2, 0.25) is 0 Å². The Labute approximate surface area is 133 Å². The second-order valence-corrected chi connectivity index (χ2v) is 8.64. The van der Waals surface area contributed by atoms with E-state index in [-0.39, 0.29) is 5.41 Å². The molecule has 1 N–H and O–H groups in total. The van der Waals surface area contributed by atoms with Crippen molar-refractivity contribution in [2.24, 2.45) is 5.41 Å². The van der Waals surface area contributed by atoms with Crippen LogP contribution >= 0.6 is 11.3 Å². The fourth-order valence-corrected chi connectivity index (χ4v) is 3.89. The molecule has 0 spiro atoms. The summed E-state index contributed by atoms with van der Waals surface area (Å²) >= 11 is 1.82. The summed E-state index contributed by atoms with van der Waals surface area (Å²) < 4.78 is 5.58. The second kappa shape index (κ2) is 6.76. The summed E-state index contributed by atoms with van der Waals surface area (Å²) in [6.45, 7) is 14.0. The predicted octanol–water partition coefficient (Wildman–Crippen LogP) is 3.78. The average Bonchev–Trinajstić information content (AvgIpc) is 2.86. The van der Waals surface area contributed by atoms with Crippen LogP contribution in [0.15, 0.2) is 5.38 Å². The summed E-state index contributed by atoms with van der Waals surface area (Å²) in [5.74, 6) is 0. The molecule has 0 unspecified atom stereocenters. The van der Waals surface area contributed by atoms with Crippen LogP contribution in [0.5, 0.6) is 0 Å². The number of ether oxygens (including phenoxy) is 1. The van der Waals surface area contributed by atoms with Crippen LogP contribution in [0.4, 0.5) is 0 Å². The third-order valence-electron chi connectivity index (χ3n) is 4.29. The van der Waals surface area contributed by atoms with E-state index in [0.29, 0.717) is 11.5 Å². The van der Waals surface area contributed by atoms with E-state index >= 15 is 0 Å². The smallest absolute Gasteiger partial charge is 0.0934 e. The van der Waals surface area contributed by atoms with Gasteiger partial charge in [-0.1, -0.05) is 34.6 Å². The molecular formula is C17H30N2OS. The maximum atomic E-state index is 5.58. The molecule has 120 valence electrons. The number of hydrogen-bond acceptors (Lipinski definition) is 4. The van der Waals surface area contributed by atoms with Gasteiger partial charge in [0.05, 0.1) is 10.7 Å². The summed E-state index contributed by atoms with van der Waals surface area (Å²) in [5, 5.41) is 7.15. The van der Waals surface area contributed by atoms with E-state index in [1.54, 1.807) is 0 Å². The summed E-state index contributed by atoms with van der Waals surface area (Å²) in [6.07, 6.45) is 3.35. The van der Waals surface area contributed by atoms with E-state index in [0.717, 1.165) is 39.0 Å². The fourth-order valence-electron chi connectivity index (χ4n) is 2.70. The molecule has 0 amide bonds. The van der Waals surface area contributed by atoms with Crippen molar-refractivity contribution in [3.63, 3.8) is 0 Å². The van der Waals surface area contributed by atoms with Crippen molar-refractivity contribution in [1.29, 1.82) is 0 Å². The molecule has 2 rings (SSSR count). The summed E-state index contributed by atoms with van der Waals surface area (Å²) in [7, 11) is 0. The molecule has 1 aromatic heterocycles. The number of nitrogens with one attached hydrogen (secondary N) is 1. The zero-order valence-corrected chi connectivity index (χ0v) is 15.0. The first kappa shape index (κ1) is 16.9. The van der Waals surface area contributed by atoms with Gasteiger partial charge in [-0.3, -0.25) is 0 Å². The number of rotatable bonds is 5. The van der Waals surface area contributed by atoms with Gasteiger partial charge < -0.3 is 10.1 Å². The van der Waals surface area contributed by atoms with Crippen LogP contribution in [0.3, 0.4) is 0 Å². The van der Waals surface area contributed by atoms with Crippen LogP contribution < -0.4 is 5.32 Å². The molecule has 4 heteroatoms. The number of aromatic nitrogens is 1. The molecule has 3 nitrogen and oxygen atoms in total. The fraction of sp³-hybridized carbons (Fsp3) is 0.824. The SMILES string of the molecule is CC(C)NCC1(Cc2nc(C(C)(C)C)cs2)CCOCC1. The third-order valence-corrected chi connectivity index (χ3v) is 5.13. The zero-order valence-electron chi connectivity index (χ0n) is 14.2. The lowest BCUT2D eigenvalue weighted by molar-refractivity contribution is 0.0140. The van der Waals surface area contributed by atoms with Gasteiger partial charge in [0.15, 0.2) is 0 Å². The van der Waals surface area contributed by atoms with Gasteiger partial charge in [-0.15, -0.1) is 11.3 Å². The molecule has 0 aliphatic carbocycles. The van der Waals surface area contributed by atoms with Crippen molar-refractivity contribution in [2.75, 3.05) is 19.8 Å². The van der Waals surface area contributed by atoms with E-state index in [2.05, 4.69) is 45.3 Å². The lowest BCUT2D eigenvalue weighted by atomic mass is 9.77. The first-order chi connectivity index (χ1) is 9.81. The highest BCUT2D eigenvalue weighted by molar-refractivity contribution is 7.09. The molecule has 1 aromatic rings. The molecule has 1 fully saturated rings. The lowest BCUT2D eigenvalue weighted by Crippen LogP contribution is -2.42. The van der Waals surface area contributed by atoms with E-state index in [1.807, 2.05) is 11.3 Å². The highest BCUT2D eigenvalue weighted by Gasteiger charge is 2.34. The van der Waals surface area contributed by atoms with Crippen LogP contribution in [-0.2, 0) is 16.6 Å². The van der Waals surface area contributed by atoms with Crippen molar-refractivity contribution in [2.45, 2.75) is 65.3 Å². The highest BCUT2D eigenvalue weighted by atomic mass is 32.1. The molecular weight excluding hydrogens is 280 g/mol. The van der Waals surface area contributed by atoms with Gasteiger partial charge in [0.25, 0.3) is 0 Å². The number of nitrogens with zero attached hydrogens (tertiary/aromatic N) is 1. The third kappa shape index (κ3) is 4.76. The standard InChI is InChI=1S/C17H30N2OS/c1-13(2)18-12-17(6-8-20-9-7-17)10-15-19-14(11-21-15)16(3,4)5/h11,13,18H,6-10,12H2,1-5H3. The molecule has 2 heterocycles. The topological polar surface area (TPSA) is 34.2 Å². The molecule has 1 saturated heterocycles. The van der Waals surface area contributed by atoms with Crippen molar-refractivity contribution < 1.29 is 4.74 Å². The van der Waals surface area contributed by atoms with E-state index in [9.17, 15) is 0 Å². The predicted molar refractivity (Wildman–Crippen MR) is 90.1 cm³/mol. The Balaban J connectivity index is 2.09. The van der Waals surface area contributed by atoms with Gasteiger partial charge in [0.1, 0.15) is 0 Å². The second-order valence-electron chi connectivity index (χ2n) is 7.70. The van der Waals surface area contributed by atoms with Gasteiger partial charge in [-0.2, -0.15) is 0 Å². The van der Waals surface area contributed by atoms with Gasteiger partial charge in [-0.05, 0) is 18.3 Å². The Morgan fingerprint density at radius 1 is 1.33 bits per heavy atom. The zero-order chi connectivity index (χ0) is 15.5. The van der Waals surface area contributed by atoms with E-state index in [1.165, 1.54) is 10.7 Å². The van der Waals surface area contributed by atoms with E-state index < -0.39 is 0 Å². The summed E-state index contributed by atoms with van der Waals surface area (Å²) in [6, 6.07) is 0.533. The van der Waals surface area contributed by atoms with Crippen LogP contribution in [0.1, 0.15) is 58.2 Å². The van der Waals surface area contributed by atoms with Crippen molar-refractivity contribution in [3.8, 4) is 0 Å². The minimum Gasteiger partial charge on any atom is -0.381 e. The first-order valence-electron chi connectivity index (χ1n) is 8.07.